The fourth-order valence-corrected chi connectivity index (χ4v) is 4.63. The van der Waals surface area contributed by atoms with Crippen LogP contribution in [0.2, 0.25) is 0 Å². The zero-order valence-electron chi connectivity index (χ0n) is 16.1. The number of fused-ring (bicyclic) bond motifs is 1. The fraction of sp³-hybridized carbons (Fsp3) is 0.524. The Balaban J connectivity index is 1.44. The van der Waals surface area contributed by atoms with Gasteiger partial charge in [0.05, 0.1) is 0 Å². The van der Waals surface area contributed by atoms with Crippen molar-refractivity contribution < 1.29 is 19.2 Å². The highest BCUT2D eigenvalue weighted by molar-refractivity contribution is 6.45. The molecule has 1 heterocycles. The zero-order chi connectivity index (χ0) is 19.8. The SMILES string of the molecule is C[C@H]1CCCC[C@@H]1N1C(=O)C(=O)N(CC(=O)Nc2ccc3c(c2)CCC3)C1=O. The van der Waals surface area contributed by atoms with Crippen molar-refractivity contribution in [1.29, 1.82) is 0 Å². The summed E-state index contributed by atoms with van der Waals surface area (Å²) in [4.78, 5) is 51.8. The molecule has 0 unspecified atom stereocenters. The van der Waals surface area contributed by atoms with Gasteiger partial charge in [0.1, 0.15) is 6.54 Å². The van der Waals surface area contributed by atoms with Crippen LogP contribution in [0.1, 0.15) is 50.2 Å². The van der Waals surface area contributed by atoms with Crippen molar-refractivity contribution in [3.8, 4) is 0 Å². The average molecular weight is 383 g/mol. The fourth-order valence-electron chi connectivity index (χ4n) is 4.63. The lowest BCUT2D eigenvalue weighted by molar-refractivity contribution is -0.145. The molecule has 1 saturated heterocycles. The molecule has 28 heavy (non-hydrogen) atoms. The topological polar surface area (TPSA) is 86.8 Å². The van der Waals surface area contributed by atoms with Crippen molar-refractivity contribution in [2.75, 3.05) is 11.9 Å². The van der Waals surface area contributed by atoms with Gasteiger partial charge in [-0.2, -0.15) is 0 Å². The molecule has 7 nitrogen and oxygen atoms in total. The van der Waals surface area contributed by atoms with E-state index in [9.17, 15) is 19.2 Å². The second kappa shape index (κ2) is 7.37. The van der Waals surface area contributed by atoms with Crippen LogP contribution in [0.25, 0.3) is 0 Å². The number of nitrogens with zero attached hydrogens (tertiary/aromatic N) is 2. The molecule has 0 bridgehead atoms. The molecule has 2 fully saturated rings. The van der Waals surface area contributed by atoms with Crippen LogP contribution >= 0.6 is 0 Å². The summed E-state index contributed by atoms with van der Waals surface area (Å²) in [6.07, 6.45) is 6.79. The first kappa shape index (κ1) is 18.7. The van der Waals surface area contributed by atoms with Gasteiger partial charge in [-0.15, -0.1) is 0 Å². The Kier molecular flexibility index (Phi) is 4.91. The Labute approximate surface area is 164 Å². The van der Waals surface area contributed by atoms with E-state index in [1.54, 1.807) is 0 Å². The summed E-state index contributed by atoms with van der Waals surface area (Å²) in [5.41, 5.74) is 3.17. The molecule has 0 aromatic heterocycles. The summed E-state index contributed by atoms with van der Waals surface area (Å²) in [5, 5.41) is 2.74. The normalized spacial score (nSPS) is 24.7. The van der Waals surface area contributed by atoms with Gasteiger partial charge < -0.3 is 5.32 Å². The number of hydrogen-bond donors (Lipinski definition) is 1. The molecule has 1 N–H and O–H groups in total. The molecule has 148 valence electrons. The molecule has 3 aliphatic rings. The minimum absolute atomic E-state index is 0.162. The standard InChI is InChI=1S/C21H25N3O4/c1-13-5-2-3-8-17(13)24-20(27)19(26)23(21(24)28)12-18(25)22-16-10-9-14-6-4-7-15(14)11-16/h9-11,13,17H,2-8,12H2,1H3,(H,22,25)/t13-,17-/m0/s1. The number of nitrogens with one attached hydrogen (secondary N) is 1. The van der Waals surface area contributed by atoms with Crippen molar-refractivity contribution in [2.24, 2.45) is 5.92 Å². The molecule has 1 aromatic rings. The largest absolute Gasteiger partial charge is 0.334 e. The molecule has 7 heteroatoms. The first-order valence-electron chi connectivity index (χ1n) is 10.1. The summed E-state index contributed by atoms with van der Waals surface area (Å²) in [7, 11) is 0. The maximum absolute atomic E-state index is 12.7. The molecule has 2 atom stereocenters. The maximum Gasteiger partial charge on any atom is 0.334 e. The highest BCUT2D eigenvalue weighted by Gasteiger charge is 2.49. The third-order valence-corrected chi connectivity index (χ3v) is 6.17. The average Bonchev–Trinajstić information content (AvgIpc) is 3.21. The quantitative estimate of drug-likeness (QED) is 0.639. The zero-order valence-corrected chi connectivity index (χ0v) is 16.1. The second-order valence-corrected chi connectivity index (χ2v) is 8.06. The Morgan fingerprint density at radius 3 is 2.57 bits per heavy atom. The van der Waals surface area contributed by atoms with Crippen LogP contribution < -0.4 is 5.32 Å². The number of aryl methyl sites for hydroxylation is 2. The number of imide groups is 2. The number of urea groups is 1. The lowest BCUT2D eigenvalue weighted by Gasteiger charge is -2.34. The molecular formula is C21H25N3O4. The predicted molar refractivity (Wildman–Crippen MR) is 102 cm³/mol. The highest BCUT2D eigenvalue weighted by Crippen LogP contribution is 2.31. The molecule has 1 saturated carbocycles. The van der Waals surface area contributed by atoms with E-state index in [-0.39, 0.29) is 12.0 Å². The van der Waals surface area contributed by atoms with Crippen LogP contribution in [0.3, 0.4) is 0 Å². The number of benzene rings is 1. The van der Waals surface area contributed by atoms with Crippen LogP contribution in [0.5, 0.6) is 0 Å². The second-order valence-electron chi connectivity index (χ2n) is 8.06. The molecule has 4 rings (SSSR count). The molecule has 0 radical (unpaired) electrons. The van der Waals surface area contributed by atoms with Crippen LogP contribution in [-0.4, -0.2) is 46.1 Å². The van der Waals surface area contributed by atoms with E-state index in [4.69, 9.17) is 0 Å². The van der Waals surface area contributed by atoms with Crippen molar-refractivity contribution in [2.45, 2.75) is 57.9 Å². The van der Waals surface area contributed by atoms with E-state index >= 15 is 0 Å². The number of carbonyl (C=O) groups is 4. The monoisotopic (exact) mass is 383 g/mol. The van der Waals surface area contributed by atoms with Gasteiger partial charge in [0.25, 0.3) is 0 Å². The third kappa shape index (κ3) is 3.30. The predicted octanol–water partition coefficient (Wildman–Crippen LogP) is 2.48. The third-order valence-electron chi connectivity index (χ3n) is 6.17. The van der Waals surface area contributed by atoms with Gasteiger partial charge in [0, 0.05) is 11.7 Å². The molecule has 5 amide bonds. The summed E-state index contributed by atoms with van der Waals surface area (Å²) >= 11 is 0. The van der Waals surface area contributed by atoms with E-state index in [0.29, 0.717) is 12.1 Å². The van der Waals surface area contributed by atoms with Crippen LogP contribution in [0.15, 0.2) is 18.2 Å². The van der Waals surface area contributed by atoms with E-state index in [2.05, 4.69) is 5.32 Å². The van der Waals surface area contributed by atoms with Gasteiger partial charge in [0.15, 0.2) is 0 Å². The van der Waals surface area contributed by atoms with Crippen LogP contribution in [0.4, 0.5) is 10.5 Å². The van der Waals surface area contributed by atoms with Gasteiger partial charge in [-0.25, -0.2) is 9.69 Å². The summed E-state index contributed by atoms with van der Waals surface area (Å²) in [6.45, 7) is 1.55. The van der Waals surface area contributed by atoms with Crippen LogP contribution in [0, 0.1) is 5.92 Å². The summed E-state index contributed by atoms with van der Waals surface area (Å²) in [5.74, 6) is -2.04. The minimum atomic E-state index is -0.910. The molecule has 2 aliphatic carbocycles. The van der Waals surface area contributed by atoms with Crippen molar-refractivity contribution in [3.63, 3.8) is 0 Å². The number of anilines is 1. The van der Waals surface area contributed by atoms with E-state index < -0.39 is 30.3 Å². The molecular weight excluding hydrogens is 358 g/mol. The van der Waals surface area contributed by atoms with E-state index in [0.717, 1.165) is 48.3 Å². The van der Waals surface area contributed by atoms with Gasteiger partial charge in [-0.1, -0.05) is 25.8 Å². The number of hydrogen-bond acceptors (Lipinski definition) is 4. The Hall–Kier alpha value is -2.70. The van der Waals surface area contributed by atoms with Crippen molar-refractivity contribution in [3.05, 3.63) is 29.3 Å². The molecule has 1 aromatic carbocycles. The molecule has 1 aliphatic heterocycles. The Bertz CT molecular complexity index is 850. The van der Waals surface area contributed by atoms with Gasteiger partial charge in [-0.3, -0.25) is 19.3 Å². The number of carbonyl (C=O) groups excluding carboxylic acids is 4. The maximum atomic E-state index is 12.7. The van der Waals surface area contributed by atoms with Gasteiger partial charge in [-0.05, 0) is 61.3 Å². The van der Waals surface area contributed by atoms with Gasteiger partial charge in [0.2, 0.25) is 5.91 Å². The van der Waals surface area contributed by atoms with Crippen molar-refractivity contribution >= 4 is 29.4 Å². The Morgan fingerprint density at radius 2 is 1.79 bits per heavy atom. The molecule has 0 spiro atoms. The highest BCUT2D eigenvalue weighted by atomic mass is 16.2. The number of rotatable bonds is 4. The van der Waals surface area contributed by atoms with E-state index in [1.807, 2.05) is 25.1 Å². The lowest BCUT2D eigenvalue weighted by atomic mass is 9.85. The summed E-state index contributed by atoms with van der Waals surface area (Å²) < 4.78 is 0. The minimum Gasteiger partial charge on any atom is -0.325 e. The van der Waals surface area contributed by atoms with E-state index in [1.165, 1.54) is 11.1 Å². The Morgan fingerprint density at radius 1 is 1.04 bits per heavy atom. The number of amides is 5. The first-order chi connectivity index (χ1) is 13.5. The van der Waals surface area contributed by atoms with Crippen LogP contribution in [-0.2, 0) is 27.2 Å². The smallest absolute Gasteiger partial charge is 0.325 e. The first-order valence-corrected chi connectivity index (χ1v) is 10.1. The summed E-state index contributed by atoms with van der Waals surface area (Å²) in [6, 6.07) is 4.84. The van der Waals surface area contributed by atoms with Crippen molar-refractivity contribution in [1.82, 2.24) is 9.80 Å². The lowest BCUT2D eigenvalue weighted by Crippen LogP contribution is -2.46. The van der Waals surface area contributed by atoms with Gasteiger partial charge >= 0.3 is 17.8 Å².